The van der Waals surface area contributed by atoms with Crippen molar-refractivity contribution >= 4 is 0 Å². The van der Waals surface area contributed by atoms with Gasteiger partial charge < -0.3 is 23.7 Å². The van der Waals surface area contributed by atoms with E-state index in [1.807, 2.05) is 6.07 Å². The first-order valence-corrected chi connectivity index (χ1v) is 8.99. The third-order valence-corrected chi connectivity index (χ3v) is 6.56. The summed E-state index contributed by atoms with van der Waals surface area (Å²) in [5.74, 6) is 3.33. The molecule has 2 aromatic carbocycles. The van der Waals surface area contributed by atoms with Gasteiger partial charge in [-0.3, -0.25) is 4.90 Å². The maximum Gasteiger partial charge on any atom is 0.231 e. The number of hydrogen-bond donors (Lipinski definition) is 0. The Morgan fingerprint density at radius 1 is 0.962 bits per heavy atom. The molecule has 1 aliphatic carbocycles. The fourth-order valence-corrected chi connectivity index (χ4v) is 5.42. The summed E-state index contributed by atoms with van der Waals surface area (Å²) >= 11 is 0. The molecule has 5 aliphatic rings. The first kappa shape index (κ1) is 13.7. The summed E-state index contributed by atoms with van der Waals surface area (Å²) < 4.78 is 29.3. The SMILES string of the molecule is CN1C2Cc3cc4c(cc3[C@@]23Cc2ccc5c(c2[C@@H]1O3)OCO5)OCO4. The number of likely N-dealkylation sites (N-methyl/N-ethyl adjacent to an activating group) is 1. The molecule has 1 spiro atoms. The van der Waals surface area contributed by atoms with Crippen LogP contribution in [0.25, 0.3) is 0 Å². The molecule has 0 N–H and O–H groups in total. The van der Waals surface area contributed by atoms with Crippen LogP contribution in [0.1, 0.15) is 28.5 Å². The van der Waals surface area contributed by atoms with Crippen LogP contribution in [0.5, 0.6) is 23.0 Å². The summed E-state index contributed by atoms with van der Waals surface area (Å²) in [7, 11) is 2.15. The lowest BCUT2D eigenvalue weighted by Gasteiger charge is -2.34. The number of rotatable bonds is 0. The third-order valence-electron chi connectivity index (χ3n) is 6.56. The molecule has 7 rings (SSSR count). The average Bonchev–Trinajstić information content (AvgIpc) is 3.39. The molecule has 26 heavy (non-hydrogen) atoms. The maximum absolute atomic E-state index is 6.75. The van der Waals surface area contributed by atoms with E-state index in [1.165, 1.54) is 16.7 Å². The lowest BCUT2D eigenvalue weighted by Crippen LogP contribution is -2.39. The monoisotopic (exact) mass is 351 g/mol. The number of fused-ring (bicyclic) bond motifs is 7. The van der Waals surface area contributed by atoms with Crippen LogP contribution in [0, 0.1) is 0 Å². The van der Waals surface area contributed by atoms with Crippen LogP contribution in [0.4, 0.5) is 0 Å². The second kappa shape index (κ2) is 4.27. The second-order valence-electron chi connectivity index (χ2n) is 7.66. The van der Waals surface area contributed by atoms with Gasteiger partial charge in [0.1, 0.15) is 11.8 Å². The zero-order chi connectivity index (χ0) is 17.0. The van der Waals surface area contributed by atoms with E-state index in [4.69, 9.17) is 23.7 Å². The molecular weight excluding hydrogens is 334 g/mol. The normalized spacial score (nSPS) is 31.7. The molecule has 2 aromatic rings. The highest BCUT2D eigenvalue weighted by Crippen LogP contribution is 2.61. The van der Waals surface area contributed by atoms with Crippen molar-refractivity contribution in [3.8, 4) is 23.0 Å². The molecule has 0 radical (unpaired) electrons. The molecule has 1 unspecified atom stereocenters. The Kier molecular flexibility index (Phi) is 2.25. The first-order valence-electron chi connectivity index (χ1n) is 8.99. The van der Waals surface area contributed by atoms with Gasteiger partial charge >= 0.3 is 0 Å². The summed E-state index contributed by atoms with van der Waals surface area (Å²) in [6, 6.07) is 8.74. The van der Waals surface area contributed by atoms with Crippen molar-refractivity contribution in [2.24, 2.45) is 0 Å². The topological polar surface area (TPSA) is 49.4 Å². The number of hydrogen-bond acceptors (Lipinski definition) is 6. The van der Waals surface area contributed by atoms with Gasteiger partial charge in [0.2, 0.25) is 13.6 Å². The van der Waals surface area contributed by atoms with E-state index in [2.05, 4.69) is 30.1 Å². The van der Waals surface area contributed by atoms with Gasteiger partial charge in [-0.15, -0.1) is 0 Å². The highest BCUT2D eigenvalue weighted by Gasteiger charge is 2.61. The van der Waals surface area contributed by atoms with Crippen molar-refractivity contribution in [1.29, 1.82) is 0 Å². The molecule has 4 heterocycles. The van der Waals surface area contributed by atoms with Crippen molar-refractivity contribution in [3.05, 3.63) is 46.5 Å². The summed E-state index contributed by atoms with van der Waals surface area (Å²) in [4.78, 5) is 2.35. The Balaban J connectivity index is 1.44. The minimum absolute atomic E-state index is 0.112. The zero-order valence-corrected chi connectivity index (χ0v) is 14.3. The van der Waals surface area contributed by atoms with Crippen LogP contribution >= 0.6 is 0 Å². The van der Waals surface area contributed by atoms with Crippen LogP contribution in [-0.4, -0.2) is 31.6 Å². The van der Waals surface area contributed by atoms with Crippen LogP contribution < -0.4 is 18.9 Å². The molecule has 0 saturated carbocycles. The minimum atomic E-state index is -0.337. The average molecular weight is 351 g/mol. The predicted molar refractivity (Wildman–Crippen MR) is 89.6 cm³/mol. The van der Waals surface area contributed by atoms with Gasteiger partial charge in [0.05, 0.1) is 0 Å². The van der Waals surface area contributed by atoms with Gasteiger partial charge in [-0.25, -0.2) is 0 Å². The van der Waals surface area contributed by atoms with E-state index in [9.17, 15) is 0 Å². The van der Waals surface area contributed by atoms with Crippen LogP contribution in [0.2, 0.25) is 0 Å². The molecule has 4 aliphatic heterocycles. The molecule has 6 heteroatoms. The Morgan fingerprint density at radius 2 is 1.77 bits per heavy atom. The fourth-order valence-electron chi connectivity index (χ4n) is 5.42. The van der Waals surface area contributed by atoms with Gasteiger partial charge in [-0.05, 0) is 48.4 Å². The van der Waals surface area contributed by atoms with Crippen molar-refractivity contribution in [2.45, 2.75) is 30.7 Å². The van der Waals surface area contributed by atoms with Gasteiger partial charge in [-0.2, -0.15) is 0 Å². The quantitative estimate of drug-likeness (QED) is 0.727. The summed E-state index contributed by atoms with van der Waals surface area (Å²) in [6.07, 6.45) is 1.67. The van der Waals surface area contributed by atoms with Crippen LogP contribution in [-0.2, 0) is 23.2 Å². The van der Waals surface area contributed by atoms with Crippen LogP contribution in [0.3, 0.4) is 0 Å². The fraction of sp³-hybridized carbons (Fsp3) is 0.400. The number of ether oxygens (including phenoxy) is 5. The van der Waals surface area contributed by atoms with Gasteiger partial charge in [0, 0.05) is 18.0 Å². The highest BCUT2D eigenvalue weighted by molar-refractivity contribution is 5.59. The Morgan fingerprint density at radius 3 is 2.69 bits per heavy atom. The zero-order valence-electron chi connectivity index (χ0n) is 14.3. The minimum Gasteiger partial charge on any atom is -0.454 e. The number of nitrogens with zero attached hydrogens (tertiary/aromatic N) is 1. The maximum atomic E-state index is 6.75. The van der Waals surface area contributed by atoms with Gasteiger partial charge in [0.15, 0.2) is 23.0 Å². The van der Waals surface area contributed by atoms with Gasteiger partial charge in [-0.1, -0.05) is 6.07 Å². The third kappa shape index (κ3) is 1.40. The molecule has 6 nitrogen and oxygen atoms in total. The van der Waals surface area contributed by atoms with Gasteiger partial charge in [0.25, 0.3) is 0 Å². The summed E-state index contributed by atoms with van der Waals surface area (Å²) in [5.41, 5.74) is 4.62. The molecule has 3 atom stereocenters. The Hall–Kier alpha value is -2.44. The molecule has 0 amide bonds. The van der Waals surface area contributed by atoms with Crippen molar-refractivity contribution in [1.82, 2.24) is 4.90 Å². The Labute approximate surface area is 150 Å². The van der Waals surface area contributed by atoms with Crippen molar-refractivity contribution < 1.29 is 23.7 Å². The number of benzene rings is 2. The first-order chi connectivity index (χ1) is 12.7. The van der Waals surface area contributed by atoms with E-state index < -0.39 is 0 Å². The van der Waals surface area contributed by atoms with Crippen molar-refractivity contribution in [3.63, 3.8) is 0 Å². The largest absolute Gasteiger partial charge is 0.454 e. The van der Waals surface area contributed by atoms with E-state index in [-0.39, 0.29) is 24.7 Å². The molecule has 0 aromatic heterocycles. The molecule has 132 valence electrons. The smallest absolute Gasteiger partial charge is 0.231 e. The van der Waals surface area contributed by atoms with E-state index in [1.54, 1.807) is 0 Å². The molecule has 2 bridgehead atoms. The molecular formula is C20H17NO5. The molecule has 1 saturated heterocycles. The van der Waals surface area contributed by atoms with E-state index in [0.29, 0.717) is 6.79 Å². The second-order valence-corrected chi connectivity index (χ2v) is 7.66. The predicted octanol–water partition coefficient (Wildman–Crippen LogP) is 2.48. The molecule has 1 fully saturated rings. The Bertz CT molecular complexity index is 989. The van der Waals surface area contributed by atoms with Crippen LogP contribution in [0.15, 0.2) is 24.3 Å². The lowest BCUT2D eigenvalue weighted by atomic mass is 9.83. The lowest BCUT2D eigenvalue weighted by molar-refractivity contribution is -0.0742. The highest BCUT2D eigenvalue weighted by atomic mass is 16.7. The summed E-state index contributed by atoms with van der Waals surface area (Å²) in [6.45, 7) is 0.577. The summed E-state index contributed by atoms with van der Waals surface area (Å²) in [5, 5.41) is 0. The van der Waals surface area contributed by atoms with Crippen molar-refractivity contribution in [2.75, 3.05) is 20.6 Å². The standard InChI is InChI=1S/C20H17NO5/c1-21-16-5-11-4-14-15(24-8-23-14)6-12(11)20(16)7-10-2-3-13-18(25-9-22-13)17(10)19(21)26-20/h2-4,6,16,19H,5,7-9H2,1H3/t16?,19-,20-/m0/s1. The van der Waals surface area contributed by atoms with E-state index in [0.717, 1.165) is 41.4 Å². The van der Waals surface area contributed by atoms with E-state index >= 15 is 0 Å².